The van der Waals surface area contributed by atoms with Gasteiger partial charge in [-0.1, -0.05) is 18.2 Å². The summed E-state index contributed by atoms with van der Waals surface area (Å²) in [6.45, 7) is 0.0244. The molecule has 0 unspecified atom stereocenters. The molecule has 3 rings (SSSR count). The predicted octanol–water partition coefficient (Wildman–Crippen LogP) is 3.79. The molecule has 2 aromatic carbocycles. The Kier molecular flexibility index (Phi) is 3.87. The third kappa shape index (κ3) is 2.89. The third-order valence-corrected chi connectivity index (χ3v) is 3.54. The first-order valence-electron chi connectivity index (χ1n) is 6.87. The molecule has 1 heterocycles. The fraction of sp³-hybridized carbons (Fsp3) is 0.0625. The predicted molar refractivity (Wildman–Crippen MR) is 82.7 cm³/mol. The maximum absolute atomic E-state index is 13.9. The smallest absolute Gasteiger partial charge is 0.449 e. The van der Waals surface area contributed by atoms with Crippen molar-refractivity contribution in [3.05, 3.63) is 70.0 Å². The number of fused-ring (bicyclic) bond motifs is 1. The van der Waals surface area contributed by atoms with Crippen molar-refractivity contribution in [2.24, 2.45) is 0 Å². The van der Waals surface area contributed by atoms with Gasteiger partial charge in [-0.25, -0.2) is 9.18 Å². The van der Waals surface area contributed by atoms with Gasteiger partial charge < -0.3 is 14.4 Å². The van der Waals surface area contributed by atoms with Crippen LogP contribution in [0.25, 0.3) is 10.9 Å². The second-order valence-corrected chi connectivity index (χ2v) is 5.03. The Hall–Kier alpha value is -3.42. The van der Waals surface area contributed by atoms with Crippen LogP contribution in [0.2, 0.25) is 0 Å². The van der Waals surface area contributed by atoms with E-state index in [-0.39, 0.29) is 18.1 Å². The van der Waals surface area contributed by atoms with E-state index in [0.717, 1.165) is 0 Å². The first-order chi connectivity index (χ1) is 11.5. The summed E-state index contributed by atoms with van der Waals surface area (Å²) >= 11 is 0. The first kappa shape index (κ1) is 15.5. The Labute approximate surface area is 134 Å². The average molecular weight is 330 g/mol. The van der Waals surface area contributed by atoms with Crippen molar-refractivity contribution in [2.75, 3.05) is 0 Å². The van der Waals surface area contributed by atoms with Gasteiger partial charge in [0.2, 0.25) is 5.88 Å². The molecule has 0 spiro atoms. The summed E-state index contributed by atoms with van der Waals surface area (Å²) in [6, 6.07) is 11.5. The number of non-ortho nitro benzene ring substituents is 1. The zero-order chi connectivity index (χ0) is 17.3. The Morgan fingerprint density at radius 3 is 2.67 bits per heavy atom. The van der Waals surface area contributed by atoms with Crippen LogP contribution in [-0.2, 0) is 6.54 Å². The van der Waals surface area contributed by atoms with E-state index < -0.39 is 16.9 Å². The third-order valence-electron chi connectivity index (χ3n) is 3.54. The van der Waals surface area contributed by atoms with E-state index in [1.165, 1.54) is 34.9 Å². The van der Waals surface area contributed by atoms with E-state index in [2.05, 4.69) is 0 Å². The minimum atomic E-state index is -1.53. The highest BCUT2D eigenvalue weighted by molar-refractivity contribution is 5.85. The lowest BCUT2D eigenvalue weighted by atomic mass is 10.2. The van der Waals surface area contributed by atoms with E-state index in [1.54, 1.807) is 18.2 Å². The number of ether oxygens (including phenoxy) is 1. The van der Waals surface area contributed by atoms with E-state index in [0.29, 0.717) is 16.5 Å². The molecule has 1 aromatic heterocycles. The topological polar surface area (TPSA) is 94.6 Å². The van der Waals surface area contributed by atoms with Crippen molar-refractivity contribution >= 4 is 22.7 Å². The molecule has 3 aromatic rings. The molecule has 8 heteroatoms. The minimum absolute atomic E-state index is 0.0244. The van der Waals surface area contributed by atoms with Gasteiger partial charge in [0, 0.05) is 29.1 Å². The Bertz CT molecular complexity index is 951. The number of rotatable bonds is 4. The van der Waals surface area contributed by atoms with Crippen LogP contribution < -0.4 is 4.74 Å². The number of nitrogens with zero attached hydrogens (tertiary/aromatic N) is 2. The molecule has 0 bridgehead atoms. The zero-order valence-electron chi connectivity index (χ0n) is 12.2. The number of nitro benzene ring substituents is 1. The van der Waals surface area contributed by atoms with E-state index >= 15 is 0 Å². The molecule has 0 saturated heterocycles. The van der Waals surface area contributed by atoms with Crippen molar-refractivity contribution in [1.82, 2.24) is 4.57 Å². The van der Waals surface area contributed by atoms with Gasteiger partial charge in [0.05, 0.1) is 17.0 Å². The number of carboxylic acid groups (broad SMARTS) is 1. The SMILES string of the molecule is O=C(O)Oc1cc2cc([N+](=O)[O-])ccc2n1Cc1ccccc1F. The van der Waals surface area contributed by atoms with Gasteiger partial charge >= 0.3 is 6.16 Å². The molecule has 0 aliphatic carbocycles. The van der Waals surface area contributed by atoms with Gasteiger partial charge in [-0.05, 0) is 12.1 Å². The molecule has 0 saturated carbocycles. The van der Waals surface area contributed by atoms with E-state index in [4.69, 9.17) is 9.84 Å². The number of hydrogen-bond acceptors (Lipinski definition) is 4. The molecular formula is C16H11FN2O5. The minimum Gasteiger partial charge on any atom is -0.449 e. The quantitative estimate of drug-likeness (QED) is 0.446. The van der Waals surface area contributed by atoms with Crippen molar-refractivity contribution < 1.29 is 24.0 Å². The molecule has 1 N–H and O–H groups in total. The molecule has 0 amide bonds. The lowest BCUT2D eigenvalue weighted by molar-refractivity contribution is -0.384. The number of nitro groups is 1. The molecule has 0 fully saturated rings. The molecule has 0 radical (unpaired) electrons. The Morgan fingerprint density at radius 2 is 2.00 bits per heavy atom. The first-order valence-corrected chi connectivity index (χ1v) is 6.87. The summed E-state index contributed by atoms with van der Waals surface area (Å²) in [4.78, 5) is 21.2. The van der Waals surface area contributed by atoms with Crippen LogP contribution in [0.1, 0.15) is 5.56 Å². The monoisotopic (exact) mass is 330 g/mol. The van der Waals surface area contributed by atoms with Crippen LogP contribution in [0.3, 0.4) is 0 Å². The van der Waals surface area contributed by atoms with Gasteiger partial charge in [-0.3, -0.25) is 10.1 Å². The fourth-order valence-corrected chi connectivity index (χ4v) is 2.48. The maximum Gasteiger partial charge on any atom is 0.512 e. The van der Waals surface area contributed by atoms with Gasteiger partial charge in [0.15, 0.2) is 0 Å². The van der Waals surface area contributed by atoms with Gasteiger partial charge in [-0.2, -0.15) is 0 Å². The van der Waals surface area contributed by atoms with Crippen molar-refractivity contribution in [1.29, 1.82) is 0 Å². The molecule has 0 aliphatic heterocycles. The van der Waals surface area contributed by atoms with Gasteiger partial charge in [-0.15, -0.1) is 0 Å². The van der Waals surface area contributed by atoms with Crippen LogP contribution in [-0.4, -0.2) is 20.8 Å². The highest BCUT2D eigenvalue weighted by Crippen LogP contribution is 2.30. The zero-order valence-corrected chi connectivity index (χ0v) is 12.2. The second-order valence-electron chi connectivity index (χ2n) is 5.03. The van der Waals surface area contributed by atoms with Crippen molar-refractivity contribution in [3.63, 3.8) is 0 Å². The average Bonchev–Trinajstić information content (AvgIpc) is 2.85. The van der Waals surface area contributed by atoms with Crippen LogP contribution >= 0.6 is 0 Å². The normalized spacial score (nSPS) is 10.7. The van der Waals surface area contributed by atoms with Crippen LogP contribution in [0.15, 0.2) is 48.5 Å². The van der Waals surface area contributed by atoms with Crippen LogP contribution in [0.5, 0.6) is 5.88 Å². The van der Waals surface area contributed by atoms with Gasteiger partial charge in [0.1, 0.15) is 5.82 Å². The number of aromatic nitrogens is 1. The highest BCUT2D eigenvalue weighted by Gasteiger charge is 2.17. The largest absolute Gasteiger partial charge is 0.512 e. The summed E-state index contributed by atoms with van der Waals surface area (Å²) < 4.78 is 20.1. The van der Waals surface area contributed by atoms with Crippen LogP contribution in [0, 0.1) is 15.9 Å². The molecule has 7 nitrogen and oxygen atoms in total. The number of halogens is 1. The van der Waals surface area contributed by atoms with Crippen LogP contribution in [0.4, 0.5) is 14.9 Å². The summed E-state index contributed by atoms with van der Waals surface area (Å²) in [5, 5.41) is 20.2. The number of carbonyl (C=O) groups is 1. The Morgan fingerprint density at radius 1 is 1.25 bits per heavy atom. The standard InChI is InChI=1S/C16H11FN2O5/c17-13-4-2-1-3-10(13)9-18-14-6-5-12(19(22)23)7-11(14)8-15(18)24-16(20)21/h1-8H,9H2,(H,20,21). The maximum atomic E-state index is 13.9. The fourth-order valence-electron chi connectivity index (χ4n) is 2.48. The highest BCUT2D eigenvalue weighted by atomic mass is 19.1. The van der Waals surface area contributed by atoms with E-state index in [1.807, 2.05) is 0 Å². The second kappa shape index (κ2) is 5.99. The molecule has 0 atom stereocenters. The summed E-state index contributed by atoms with van der Waals surface area (Å²) in [7, 11) is 0. The summed E-state index contributed by atoms with van der Waals surface area (Å²) in [5.74, 6) is -0.483. The lowest BCUT2D eigenvalue weighted by Crippen LogP contribution is -2.09. The molecule has 24 heavy (non-hydrogen) atoms. The van der Waals surface area contributed by atoms with Crippen molar-refractivity contribution in [3.8, 4) is 5.88 Å². The number of hydrogen-bond donors (Lipinski definition) is 1. The molecular weight excluding hydrogens is 319 g/mol. The number of benzene rings is 2. The van der Waals surface area contributed by atoms with Crippen molar-refractivity contribution in [2.45, 2.75) is 6.54 Å². The Balaban J connectivity index is 2.14. The summed E-state index contributed by atoms with van der Waals surface area (Å²) in [6.07, 6.45) is -1.53. The van der Waals surface area contributed by atoms with E-state index in [9.17, 15) is 19.3 Å². The van der Waals surface area contributed by atoms with Gasteiger partial charge in [0.25, 0.3) is 5.69 Å². The molecule has 122 valence electrons. The molecule has 0 aliphatic rings. The summed E-state index contributed by atoms with van der Waals surface area (Å²) in [5.41, 5.74) is 0.705. The lowest BCUT2D eigenvalue weighted by Gasteiger charge is -2.10.